The molecule has 0 atom stereocenters. The van der Waals surface area contributed by atoms with E-state index in [4.69, 9.17) is 11.6 Å². The second-order valence-electron chi connectivity index (χ2n) is 7.05. The normalized spacial score (nSPS) is 13.8. The zero-order chi connectivity index (χ0) is 22.3. The Morgan fingerprint density at radius 2 is 1.84 bits per heavy atom. The molecule has 3 heterocycles. The molecule has 1 amide bonds. The molecule has 5 nitrogen and oxygen atoms in total. The number of hydrogen-bond acceptors (Lipinski definition) is 4. The van der Waals surface area contributed by atoms with E-state index in [9.17, 15) is 22.4 Å². The number of carbonyl (C=O) groups excluding carboxylic acids is 1. The van der Waals surface area contributed by atoms with Crippen molar-refractivity contribution in [1.82, 2.24) is 19.9 Å². The van der Waals surface area contributed by atoms with E-state index in [2.05, 4.69) is 15.0 Å². The lowest BCUT2D eigenvalue weighted by molar-refractivity contribution is -0.141. The van der Waals surface area contributed by atoms with Gasteiger partial charge in [-0.2, -0.15) is 13.2 Å². The summed E-state index contributed by atoms with van der Waals surface area (Å²) in [6, 6.07) is 7.07. The van der Waals surface area contributed by atoms with Gasteiger partial charge in [-0.1, -0.05) is 11.6 Å². The quantitative estimate of drug-likeness (QED) is 0.523. The van der Waals surface area contributed by atoms with Gasteiger partial charge in [0.15, 0.2) is 5.69 Å². The van der Waals surface area contributed by atoms with Gasteiger partial charge in [0.05, 0.1) is 28.5 Å². The van der Waals surface area contributed by atoms with Crippen LogP contribution in [0.2, 0.25) is 5.02 Å². The summed E-state index contributed by atoms with van der Waals surface area (Å²) in [6.07, 6.45) is -3.46. The zero-order valence-electron chi connectivity index (χ0n) is 16.2. The zero-order valence-corrected chi connectivity index (χ0v) is 16.9. The summed E-state index contributed by atoms with van der Waals surface area (Å²) in [7, 11) is 0. The van der Waals surface area contributed by atoms with Gasteiger partial charge in [-0.3, -0.25) is 9.78 Å². The Morgan fingerprint density at radius 1 is 1.13 bits per heavy atom. The Balaban J connectivity index is 1.67. The van der Waals surface area contributed by atoms with Crippen LogP contribution in [0.15, 0.2) is 36.5 Å². The minimum Gasteiger partial charge on any atom is -0.332 e. The summed E-state index contributed by atoms with van der Waals surface area (Å²) in [6.45, 7) is 2.03. The van der Waals surface area contributed by atoms with Crippen LogP contribution in [0.25, 0.3) is 11.3 Å². The summed E-state index contributed by atoms with van der Waals surface area (Å²) in [5, 5.41) is -0.725. The Hall–Kier alpha value is -3.07. The molecule has 1 aliphatic heterocycles. The van der Waals surface area contributed by atoms with Crippen LogP contribution < -0.4 is 0 Å². The number of nitrogens with zero attached hydrogens (tertiary/aromatic N) is 4. The predicted molar refractivity (Wildman–Crippen MR) is 105 cm³/mol. The molecule has 1 aromatic carbocycles. The van der Waals surface area contributed by atoms with Gasteiger partial charge in [0.2, 0.25) is 0 Å². The molecule has 31 heavy (non-hydrogen) atoms. The minimum atomic E-state index is -4.77. The van der Waals surface area contributed by atoms with Crippen LogP contribution in [0, 0.1) is 12.7 Å². The van der Waals surface area contributed by atoms with E-state index in [0.29, 0.717) is 23.6 Å². The molecule has 0 bridgehead atoms. The topological polar surface area (TPSA) is 59.0 Å². The molecule has 160 valence electrons. The Morgan fingerprint density at radius 3 is 2.52 bits per heavy atom. The van der Waals surface area contributed by atoms with Crippen molar-refractivity contribution in [2.75, 3.05) is 6.54 Å². The van der Waals surface area contributed by atoms with Gasteiger partial charge in [0.1, 0.15) is 11.6 Å². The molecule has 10 heteroatoms. The number of amides is 1. The van der Waals surface area contributed by atoms with Gasteiger partial charge < -0.3 is 4.90 Å². The molecular formula is C21H15ClF4N4O. The number of rotatable bonds is 2. The summed E-state index contributed by atoms with van der Waals surface area (Å²) in [4.78, 5) is 26.5. The largest absolute Gasteiger partial charge is 0.434 e. The smallest absolute Gasteiger partial charge is 0.332 e. The molecule has 0 unspecified atom stereocenters. The van der Waals surface area contributed by atoms with Gasteiger partial charge in [-0.25, -0.2) is 14.4 Å². The van der Waals surface area contributed by atoms with Gasteiger partial charge in [0.25, 0.3) is 5.91 Å². The first-order valence-electron chi connectivity index (χ1n) is 9.28. The number of pyridine rings is 1. The highest BCUT2D eigenvalue weighted by molar-refractivity contribution is 6.34. The van der Waals surface area contributed by atoms with Crippen LogP contribution in [0.1, 0.15) is 33.1 Å². The van der Waals surface area contributed by atoms with Gasteiger partial charge in [-0.05, 0) is 43.7 Å². The van der Waals surface area contributed by atoms with E-state index >= 15 is 0 Å². The molecule has 0 N–H and O–H groups in total. The van der Waals surface area contributed by atoms with Gasteiger partial charge in [0, 0.05) is 23.9 Å². The molecule has 0 saturated carbocycles. The number of benzene rings is 1. The lowest BCUT2D eigenvalue weighted by atomic mass is 9.97. The van der Waals surface area contributed by atoms with Crippen molar-refractivity contribution in [2.45, 2.75) is 26.1 Å². The first-order valence-corrected chi connectivity index (χ1v) is 9.66. The Labute approximate surface area is 179 Å². The number of aryl methyl sites for hydroxylation is 1. The van der Waals surface area contributed by atoms with Gasteiger partial charge in [-0.15, -0.1) is 0 Å². The number of hydrogen-bond donors (Lipinski definition) is 0. The maximum Gasteiger partial charge on any atom is 0.434 e. The van der Waals surface area contributed by atoms with Crippen molar-refractivity contribution in [3.05, 3.63) is 75.7 Å². The van der Waals surface area contributed by atoms with Crippen LogP contribution in [0.5, 0.6) is 0 Å². The fourth-order valence-corrected chi connectivity index (χ4v) is 3.85. The second-order valence-corrected chi connectivity index (χ2v) is 7.43. The first-order chi connectivity index (χ1) is 14.6. The standard InChI is InChI=1S/C21H15ClF4N4O/c1-11-28-16-10-30(20(31)15-6-8-27-19(17(15)22)21(24,25)26)9-7-14(16)18(29-11)12-2-4-13(23)5-3-12/h2-6,8H,7,9-10H2,1H3. The molecule has 0 radical (unpaired) electrons. The maximum atomic E-state index is 13.3. The lowest BCUT2D eigenvalue weighted by Crippen LogP contribution is -2.37. The average Bonchev–Trinajstić information content (AvgIpc) is 2.72. The van der Waals surface area contributed by atoms with Crippen molar-refractivity contribution in [2.24, 2.45) is 0 Å². The van der Waals surface area contributed by atoms with E-state index < -0.39 is 22.8 Å². The molecule has 1 aliphatic rings. The van der Waals surface area contributed by atoms with E-state index in [1.54, 1.807) is 19.1 Å². The van der Waals surface area contributed by atoms with E-state index in [-0.39, 0.29) is 24.5 Å². The van der Waals surface area contributed by atoms with Gasteiger partial charge >= 0.3 is 6.18 Å². The number of alkyl halides is 3. The number of halogens is 5. The average molecular weight is 451 g/mol. The molecule has 0 aliphatic carbocycles. The summed E-state index contributed by atoms with van der Waals surface area (Å²) in [5.74, 6) is -0.538. The van der Waals surface area contributed by atoms with Crippen molar-refractivity contribution < 1.29 is 22.4 Å². The first kappa shape index (κ1) is 21.2. The van der Waals surface area contributed by atoms with Crippen LogP contribution in [-0.4, -0.2) is 32.3 Å². The molecule has 0 spiro atoms. The van der Waals surface area contributed by atoms with Crippen LogP contribution >= 0.6 is 11.6 Å². The number of carbonyl (C=O) groups is 1. The molecule has 2 aromatic heterocycles. The predicted octanol–water partition coefficient (Wildman–Crippen LogP) is 4.86. The van der Waals surface area contributed by atoms with E-state index in [0.717, 1.165) is 17.3 Å². The van der Waals surface area contributed by atoms with Crippen molar-refractivity contribution in [1.29, 1.82) is 0 Å². The van der Waals surface area contributed by atoms with Crippen LogP contribution in [0.3, 0.4) is 0 Å². The van der Waals surface area contributed by atoms with Crippen molar-refractivity contribution in [3.8, 4) is 11.3 Å². The minimum absolute atomic E-state index is 0.0890. The van der Waals surface area contributed by atoms with Crippen molar-refractivity contribution >= 4 is 17.5 Å². The summed E-state index contributed by atoms with van der Waals surface area (Å²) >= 11 is 5.86. The lowest BCUT2D eigenvalue weighted by Gasteiger charge is -2.30. The highest BCUT2D eigenvalue weighted by atomic mass is 35.5. The van der Waals surface area contributed by atoms with Crippen molar-refractivity contribution in [3.63, 3.8) is 0 Å². The SMILES string of the molecule is Cc1nc2c(c(-c3ccc(F)cc3)n1)CCN(C(=O)c1ccnc(C(F)(F)F)c1Cl)C2. The highest BCUT2D eigenvalue weighted by Gasteiger charge is 2.37. The second kappa shape index (κ2) is 7.88. The van der Waals surface area contributed by atoms with Crippen LogP contribution in [-0.2, 0) is 19.1 Å². The third kappa shape index (κ3) is 4.10. The van der Waals surface area contributed by atoms with E-state index in [1.165, 1.54) is 23.1 Å². The summed E-state index contributed by atoms with van der Waals surface area (Å²) in [5.41, 5.74) is 1.21. The highest BCUT2D eigenvalue weighted by Crippen LogP contribution is 2.35. The third-order valence-electron chi connectivity index (χ3n) is 4.97. The fourth-order valence-electron chi connectivity index (χ4n) is 3.55. The number of fused-ring (bicyclic) bond motifs is 1. The fraction of sp³-hybridized carbons (Fsp3) is 0.238. The number of aromatic nitrogens is 3. The molecular weight excluding hydrogens is 436 g/mol. The maximum absolute atomic E-state index is 13.3. The molecule has 3 aromatic rings. The van der Waals surface area contributed by atoms with Crippen LogP contribution in [0.4, 0.5) is 17.6 Å². The molecule has 0 fully saturated rings. The van der Waals surface area contributed by atoms with E-state index in [1.807, 2.05) is 0 Å². The molecule has 4 rings (SSSR count). The third-order valence-corrected chi connectivity index (χ3v) is 5.35. The summed E-state index contributed by atoms with van der Waals surface area (Å²) < 4.78 is 52.6. The monoisotopic (exact) mass is 450 g/mol. The Kier molecular flexibility index (Phi) is 5.38. The molecule has 0 saturated heterocycles. The Bertz CT molecular complexity index is 1170.